The second kappa shape index (κ2) is 37.3. The van der Waals surface area contributed by atoms with Gasteiger partial charge in [-0.05, 0) is 76.0 Å². The lowest BCUT2D eigenvalue weighted by Crippen LogP contribution is -2.34. The standard InChI is InChI=1S/C43H93O23P5/c1-10-22-42(23-11-2,24-12-3)37-55-30-39(65-70(51,52)57-16-7)32-60-68(47,48)63-35-41(9,34-62-67(45,46)59-29-21-19-18-20-28-44)36-64-69(49,50)61-33-40(66-71(53,54)58-17-8)31-56-38-43(25-13-4,26-14-5)27-15-6/h39-40,44H,10-38H2,1-9H3,(H,45,46)(H,47,48)(H,49,50)(H,51,52)(H,53,54). The lowest BCUT2D eigenvalue weighted by Gasteiger charge is -2.34. The Hall–Kier alpha value is 0.430. The molecule has 6 N–H and O–H groups in total. The minimum atomic E-state index is -5.16. The number of phosphoric acid groups is 5. The minimum absolute atomic E-state index is 0.0123. The summed E-state index contributed by atoms with van der Waals surface area (Å²) in [6, 6.07) is 0. The average Bonchev–Trinajstić information content (AvgIpc) is 3.27. The first-order valence-corrected chi connectivity index (χ1v) is 32.6. The van der Waals surface area contributed by atoms with Crippen molar-refractivity contribution in [3.8, 4) is 0 Å². The zero-order valence-electron chi connectivity index (χ0n) is 44.0. The topological polar surface area (TPSA) is 317 Å². The third-order valence-corrected chi connectivity index (χ3v) is 16.3. The van der Waals surface area contributed by atoms with Gasteiger partial charge in [-0.25, -0.2) is 22.8 Å². The van der Waals surface area contributed by atoms with Crippen LogP contribution in [0.25, 0.3) is 0 Å². The number of hydrogen-bond acceptors (Lipinski definition) is 18. The van der Waals surface area contributed by atoms with Crippen molar-refractivity contribution in [3.05, 3.63) is 0 Å². The van der Waals surface area contributed by atoms with Gasteiger partial charge >= 0.3 is 39.1 Å². The van der Waals surface area contributed by atoms with Crippen LogP contribution in [-0.2, 0) is 77.5 Å². The van der Waals surface area contributed by atoms with E-state index in [0.29, 0.717) is 25.7 Å². The van der Waals surface area contributed by atoms with E-state index in [4.69, 9.17) is 59.8 Å². The van der Waals surface area contributed by atoms with Gasteiger partial charge in [0.25, 0.3) is 0 Å². The van der Waals surface area contributed by atoms with E-state index in [1.54, 1.807) is 0 Å². The molecule has 0 spiro atoms. The summed E-state index contributed by atoms with van der Waals surface area (Å²) in [6.07, 6.45) is 9.83. The monoisotopic (exact) mass is 1130 g/mol. The van der Waals surface area contributed by atoms with Crippen LogP contribution in [-0.4, -0.2) is 128 Å². The normalized spacial score (nSPS) is 18.7. The number of hydrogen-bond donors (Lipinski definition) is 6. The summed E-state index contributed by atoms with van der Waals surface area (Å²) in [5, 5.41) is 9.01. The Kier molecular flexibility index (Phi) is 37.5. The molecule has 0 aromatic heterocycles. The zero-order chi connectivity index (χ0) is 54.1. The van der Waals surface area contributed by atoms with E-state index in [0.717, 1.165) is 77.0 Å². The van der Waals surface area contributed by atoms with Crippen LogP contribution in [0.15, 0.2) is 0 Å². The molecule has 0 aromatic rings. The quantitative estimate of drug-likeness (QED) is 0.0243. The summed E-state index contributed by atoms with van der Waals surface area (Å²) in [4.78, 5) is 52.8. The molecule has 0 bridgehead atoms. The maximum Gasteiger partial charge on any atom is 0.472 e. The molecule has 0 aliphatic rings. The molecule has 0 saturated heterocycles. The molecule has 428 valence electrons. The van der Waals surface area contributed by atoms with Crippen molar-refractivity contribution in [3.63, 3.8) is 0 Å². The highest BCUT2D eigenvalue weighted by Gasteiger charge is 2.40. The van der Waals surface area contributed by atoms with E-state index in [-0.39, 0.29) is 63.7 Å². The van der Waals surface area contributed by atoms with Gasteiger partial charge in [-0.2, -0.15) is 0 Å². The molecule has 23 nitrogen and oxygen atoms in total. The van der Waals surface area contributed by atoms with Crippen molar-refractivity contribution in [2.75, 3.05) is 85.9 Å². The van der Waals surface area contributed by atoms with Crippen molar-refractivity contribution in [1.82, 2.24) is 0 Å². The molecule has 0 aromatic carbocycles. The van der Waals surface area contributed by atoms with E-state index in [2.05, 4.69) is 41.5 Å². The highest BCUT2D eigenvalue weighted by Crippen LogP contribution is 2.52. The van der Waals surface area contributed by atoms with Gasteiger partial charge in [0, 0.05) is 12.0 Å². The summed E-state index contributed by atoms with van der Waals surface area (Å²) in [5.74, 6) is 0. The molecule has 0 saturated carbocycles. The molecule has 0 heterocycles. The van der Waals surface area contributed by atoms with Gasteiger partial charge < -0.3 is 39.0 Å². The number of aliphatic hydroxyl groups excluding tert-OH is 1. The Bertz CT molecular complexity index is 1500. The first-order valence-electron chi connectivity index (χ1n) is 25.2. The fourth-order valence-electron chi connectivity index (χ4n) is 8.21. The van der Waals surface area contributed by atoms with Crippen LogP contribution < -0.4 is 0 Å². The molecule has 0 radical (unpaired) electrons. The number of phosphoric ester groups is 5. The Morgan fingerprint density at radius 3 is 1.03 bits per heavy atom. The Labute approximate surface area is 424 Å². The first-order chi connectivity index (χ1) is 33.2. The van der Waals surface area contributed by atoms with Gasteiger partial charge in [-0.1, -0.05) is 99.8 Å². The van der Waals surface area contributed by atoms with Gasteiger partial charge in [0.05, 0.1) is 79.3 Å². The summed E-state index contributed by atoms with van der Waals surface area (Å²) >= 11 is 0. The van der Waals surface area contributed by atoms with Crippen LogP contribution in [0.4, 0.5) is 0 Å². The largest absolute Gasteiger partial charge is 0.472 e. The fraction of sp³-hybridized carbons (Fsp3) is 1.00. The van der Waals surface area contributed by atoms with E-state index >= 15 is 0 Å². The highest BCUT2D eigenvalue weighted by atomic mass is 31.2. The summed E-state index contributed by atoms with van der Waals surface area (Å²) < 4.78 is 129. The first kappa shape index (κ1) is 71.4. The zero-order valence-corrected chi connectivity index (χ0v) is 48.5. The van der Waals surface area contributed by atoms with Gasteiger partial charge in [0.2, 0.25) is 0 Å². The highest BCUT2D eigenvalue weighted by molar-refractivity contribution is 7.48. The Morgan fingerprint density at radius 1 is 0.394 bits per heavy atom. The number of unbranched alkanes of at least 4 members (excludes halogenated alkanes) is 3. The van der Waals surface area contributed by atoms with Crippen molar-refractivity contribution >= 4 is 39.1 Å². The van der Waals surface area contributed by atoms with Crippen LogP contribution in [0, 0.1) is 16.2 Å². The Balaban J connectivity index is 6.41. The van der Waals surface area contributed by atoms with Crippen LogP contribution >= 0.6 is 39.1 Å². The van der Waals surface area contributed by atoms with E-state index in [1.807, 2.05) is 0 Å². The molecule has 0 rings (SSSR count). The third-order valence-electron chi connectivity index (χ3n) is 11.1. The minimum Gasteiger partial charge on any atom is -0.396 e. The summed E-state index contributed by atoms with van der Waals surface area (Å²) in [5.41, 5.74) is -2.19. The molecule has 7 unspecified atom stereocenters. The number of aliphatic hydroxyl groups is 1. The Morgan fingerprint density at radius 2 is 0.718 bits per heavy atom. The van der Waals surface area contributed by atoms with E-state index < -0.39 is 89.8 Å². The predicted octanol–water partition coefficient (Wildman–Crippen LogP) is 10.8. The van der Waals surface area contributed by atoms with Crippen LogP contribution in [0.5, 0.6) is 0 Å². The molecule has 28 heteroatoms. The van der Waals surface area contributed by atoms with Gasteiger partial charge in [-0.15, -0.1) is 0 Å². The number of ether oxygens (including phenoxy) is 2. The van der Waals surface area contributed by atoms with Crippen molar-refractivity contribution in [2.24, 2.45) is 16.2 Å². The second-order valence-corrected chi connectivity index (χ2v) is 25.5. The maximum absolute atomic E-state index is 13.4. The molecular formula is C43H93O23P5. The SMILES string of the molecule is CCCC(CCC)(CCC)COCC(COP(=O)(O)OCC(C)(COP(=O)(O)OCCCCCCO)COP(=O)(O)OCC(COCC(CCC)(CCC)CCC)OP(=O)(O)OCC)OP(=O)(O)OCC. The van der Waals surface area contributed by atoms with Crippen molar-refractivity contribution in [2.45, 2.75) is 177 Å². The predicted molar refractivity (Wildman–Crippen MR) is 267 cm³/mol. The van der Waals surface area contributed by atoms with E-state index in [9.17, 15) is 47.3 Å². The van der Waals surface area contributed by atoms with Crippen LogP contribution in [0.1, 0.15) is 165 Å². The number of rotatable bonds is 50. The smallest absolute Gasteiger partial charge is 0.396 e. The molecule has 0 amide bonds. The van der Waals surface area contributed by atoms with E-state index in [1.165, 1.54) is 20.8 Å². The molecule has 0 aliphatic heterocycles. The summed E-state index contributed by atoms with van der Waals surface area (Å²) in [6.45, 7) is 11.5. The molecular weight excluding hydrogens is 1040 g/mol. The maximum atomic E-state index is 13.4. The van der Waals surface area contributed by atoms with Gasteiger partial charge in [0.1, 0.15) is 12.2 Å². The van der Waals surface area contributed by atoms with Crippen LogP contribution in [0.2, 0.25) is 0 Å². The van der Waals surface area contributed by atoms with Crippen molar-refractivity contribution in [1.29, 1.82) is 0 Å². The molecule has 7 atom stereocenters. The van der Waals surface area contributed by atoms with Crippen molar-refractivity contribution < 1.29 is 107 Å². The van der Waals surface area contributed by atoms with Gasteiger partial charge in [-0.3, -0.25) is 45.2 Å². The second-order valence-electron chi connectivity index (χ2n) is 18.4. The van der Waals surface area contributed by atoms with Crippen LogP contribution in [0.3, 0.4) is 0 Å². The lowest BCUT2D eigenvalue weighted by atomic mass is 9.76. The lowest BCUT2D eigenvalue weighted by molar-refractivity contribution is -0.0408. The average molecular weight is 1130 g/mol. The fourth-order valence-corrected chi connectivity index (χ4v) is 12.7. The third kappa shape index (κ3) is 34.0. The summed E-state index contributed by atoms with van der Waals surface area (Å²) in [7, 11) is -24.5. The molecule has 0 fully saturated rings. The molecule has 71 heavy (non-hydrogen) atoms. The molecule has 0 aliphatic carbocycles. The van der Waals surface area contributed by atoms with Gasteiger partial charge in [0.15, 0.2) is 0 Å².